The predicted molar refractivity (Wildman–Crippen MR) is 52.6 cm³/mol. The molecule has 3 nitrogen and oxygen atoms in total. The fourth-order valence-corrected chi connectivity index (χ4v) is 1.62. The maximum Gasteiger partial charge on any atom is 0.0771 e. The Labute approximate surface area is 80.2 Å². The second-order valence-electron chi connectivity index (χ2n) is 4.04. The lowest BCUT2D eigenvalue weighted by molar-refractivity contribution is -0.0311. The third kappa shape index (κ3) is 4.07. The van der Waals surface area contributed by atoms with Crippen molar-refractivity contribution in [3.8, 4) is 0 Å². The molecule has 1 aliphatic rings. The Morgan fingerprint density at radius 1 is 1.15 bits per heavy atom. The molecule has 1 rings (SSSR count). The quantitative estimate of drug-likeness (QED) is 0.513. The summed E-state index contributed by atoms with van der Waals surface area (Å²) < 4.78 is 0. The van der Waals surface area contributed by atoms with Gasteiger partial charge in [-0.05, 0) is 45.1 Å². The molecule has 0 aromatic carbocycles. The van der Waals surface area contributed by atoms with Crippen LogP contribution in [0.25, 0.3) is 0 Å². The molecule has 0 atom stereocenters. The molecular weight excluding hydrogens is 166 g/mol. The third-order valence-electron chi connectivity index (χ3n) is 2.75. The smallest absolute Gasteiger partial charge is 0.0771 e. The first-order chi connectivity index (χ1) is 6.27. The molecule has 0 aromatic heterocycles. The second kappa shape index (κ2) is 5.58. The van der Waals surface area contributed by atoms with Gasteiger partial charge in [0, 0.05) is 13.2 Å². The Morgan fingerprint density at radius 2 is 1.92 bits per heavy atom. The zero-order chi connectivity index (χ0) is 9.57. The van der Waals surface area contributed by atoms with Crippen molar-refractivity contribution in [1.29, 1.82) is 0 Å². The first kappa shape index (κ1) is 11.0. The van der Waals surface area contributed by atoms with E-state index in [2.05, 4.69) is 5.32 Å². The molecule has 78 valence electrons. The Balaban J connectivity index is 1.83. The van der Waals surface area contributed by atoms with Crippen LogP contribution >= 0.6 is 0 Å². The molecule has 1 saturated carbocycles. The molecule has 13 heavy (non-hydrogen) atoms. The molecular formula is C10H21NO2. The first-order valence-electron chi connectivity index (χ1n) is 5.31. The molecule has 0 amide bonds. The van der Waals surface area contributed by atoms with Gasteiger partial charge in [0.15, 0.2) is 0 Å². The molecule has 0 radical (unpaired) electrons. The minimum atomic E-state index is -0.392. The van der Waals surface area contributed by atoms with Crippen molar-refractivity contribution in [3.05, 3.63) is 0 Å². The van der Waals surface area contributed by atoms with Gasteiger partial charge in [-0.2, -0.15) is 0 Å². The SMILES string of the molecule is OCCCCCNCC1(O)CCC1. The normalized spacial score (nSPS) is 19.8. The van der Waals surface area contributed by atoms with Gasteiger partial charge < -0.3 is 15.5 Å². The summed E-state index contributed by atoms with van der Waals surface area (Å²) in [4.78, 5) is 0. The van der Waals surface area contributed by atoms with Gasteiger partial charge in [0.1, 0.15) is 0 Å². The molecule has 1 fully saturated rings. The Hall–Kier alpha value is -0.120. The zero-order valence-corrected chi connectivity index (χ0v) is 8.26. The van der Waals surface area contributed by atoms with Crippen LogP contribution in [0, 0.1) is 0 Å². The summed E-state index contributed by atoms with van der Waals surface area (Å²) in [5.41, 5.74) is -0.392. The predicted octanol–water partition coefficient (Wildman–Crippen LogP) is 0.654. The van der Waals surface area contributed by atoms with Gasteiger partial charge in [-0.3, -0.25) is 0 Å². The van der Waals surface area contributed by atoms with Crippen LogP contribution < -0.4 is 5.32 Å². The van der Waals surface area contributed by atoms with E-state index in [9.17, 15) is 5.11 Å². The highest BCUT2D eigenvalue weighted by Gasteiger charge is 2.33. The maximum absolute atomic E-state index is 9.71. The van der Waals surface area contributed by atoms with Gasteiger partial charge >= 0.3 is 0 Å². The standard InChI is InChI=1S/C10H21NO2/c12-8-3-1-2-7-11-9-10(13)5-4-6-10/h11-13H,1-9H2. The number of rotatable bonds is 7. The third-order valence-corrected chi connectivity index (χ3v) is 2.75. The molecule has 0 heterocycles. The summed E-state index contributed by atoms with van der Waals surface area (Å²) in [6, 6.07) is 0. The lowest BCUT2D eigenvalue weighted by Crippen LogP contribution is -2.46. The van der Waals surface area contributed by atoms with Crippen molar-refractivity contribution in [3.63, 3.8) is 0 Å². The van der Waals surface area contributed by atoms with Crippen LogP contribution in [0.15, 0.2) is 0 Å². The number of hydrogen-bond acceptors (Lipinski definition) is 3. The van der Waals surface area contributed by atoms with Crippen LogP contribution in [-0.4, -0.2) is 35.5 Å². The van der Waals surface area contributed by atoms with Crippen LogP contribution in [0.2, 0.25) is 0 Å². The highest BCUT2D eigenvalue weighted by atomic mass is 16.3. The summed E-state index contributed by atoms with van der Waals surface area (Å²) in [6.45, 7) is 2.00. The molecule has 1 aliphatic carbocycles. The second-order valence-corrected chi connectivity index (χ2v) is 4.04. The van der Waals surface area contributed by atoms with Gasteiger partial charge in [-0.15, -0.1) is 0 Å². The van der Waals surface area contributed by atoms with E-state index in [1.165, 1.54) is 6.42 Å². The average molecular weight is 187 g/mol. The number of aliphatic hydroxyl groups is 2. The molecule has 0 aromatic rings. The van der Waals surface area contributed by atoms with E-state index in [1.54, 1.807) is 0 Å². The zero-order valence-electron chi connectivity index (χ0n) is 8.26. The van der Waals surface area contributed by atoms with Crippen LogP contribution in [0.5, 0.6) is 0 Å². The molecule has 0 saturated heterocycles. The van der Waals surface area contributed by atoms with Crippen molar-refractivity contribution in [2.45, 2.75) is 44.1 Å². The van der Waals surface area contributed by atoms with Crippen molar-refractivity contribution in [1.82, 2.24) is 5.32 Å². The average Bonchev–Trinajstić information content (AvgIpc) is 2.08. The van der Waals surface area contributed by atoms with Gasteiger partial charge in [0.2, 0.25) is 0 Å². The molecule has 0 bridgehead atoms. The van der Waals surface area contributed by atoms with Crippen molar-refractivity contribution in [2.24, 2.45) is 0 Å². The van der Waals surface area contributed by atoms with E-state index >= 15 is 0 Å². The number of hydrogen-bond donors (Lipinski definition) is 3. The lowest BCUT2D eigenvalue weighted by atomic mass is 9.80. The van der Waals surface area contributed by atoms with Crippen LogP contribution in [-0.2, 0) is 0 Å². The molecule has 0 aliphatic heterocycles. The van der Waals surface area contributed by atoms with Crippen molar-refractivity contribution in [2.75, 3.05) is 19.7 Å². The van der Waals surface area contributed by atoms with Gasteiger partial charge in [0.05, 0.1) is 5.60 Å². The van der Waals surface area contributed by atoms with Crippen LogP contribution in [0.4, 0.5) is 0 Å². The minimum absolute atomic E-state index is 0.296. The van der Waals surface area contributed by atoms with E-state index in [0.29, 0.717) is 6.61 Å². The summed E-state index contributed by atoms with van der Waals surface area (Å²) in [7, 11) is 0. The fraction of sp³-hybridized carbons (Fsp3) is 1.00. The van der Waals surface area contributed by atoms with Crippen molar-refractivity contribution >= 4 is 0 Å². The van der Waals surface area contributed by atoms with Crippen LogP contribution in [0.1, 0.15) is 38.5 Å². The minimum Gasteiger partial charge on any atom is -0.396 e. The van der Waals surface area contributed by atoms with E-state index in [-0.39, 0.29) is 0 Å². The maximum atomic E-state index is 9.71. The number of aliphatic hydroxyl groups excluding tert-OH is 1. The van der Waals surface area contributed by atoms with Gasteiger partial charge in [0.25, 0.3) is 0 Å². The molecule has 3 heteroatoms. The molecule has 0 spiro atoms. The lowest BCUT2D eigenvalue weighted by Gasteiger charge is -2.36. The van der Waals surface area contributed by atoms with Gasteiger partial charge in [-0.25, -0.2) is 0 Å². The van der Waals surface area contributed by atoms with Crippen molar-refractivity contribution < 1.29 is 10.2 Å². The summed E-state index contributed by atoms with van der Waals surface area (Å²) >= 11 is 0. The Kier molecular flexibility index (Phi) is 4.70. The Bertz CT molecular complexity index is 135. The van der Waals surface area contributed by atoms with E-state index in [4.69, 9.17) is 5.11 Å². The number of nitrogens with one attached hydrogen (secondary N) is 1. The van der Waals surface area contributed by atoms with Gasteiger partial charge in [-0.1, -0.05) is 0 Å². The fourth-order valence-electron chi connectivity index (χ4n) is 1.62. The largest absolute Gasteiger partial charge is 0.396 e. The summed E-state index contributed by atoms with van der Waals surface area (Å²) in [6.07, 6.45) is 6.14. The number of unbranched alkanes of at least 4 members (excludes halogenated alkanes) is 2. The van der Waals surface area contributed by atoms with E-state index in [0.717, 1.165) is 45.2 Å². The first-order valence-corrected chi connectivity index (χ1v) is 5.31. The molecule has 3 N–H and O–H groups in total. The topological polar surface area (TPSA) is 52.5 Å². The molecule has 0 unspecified atom stereocenters. The van der Waals surface area contributed by atoms with E-state index < -0.39 is 5.60 Å². The van der Waals surface area contributed by atoms with E-state index in [1.807, 2.05) is 0 Å². The summed E-state index contributed by atoms with van der Waals surface area (Å²) in [5, 5.41) is 21.5. The highest BCUT2D eigenvalue weighted by Crippen LogP contribution is 2.30. The Morgan fingerprint density at radius 3 is 2.46 bits per heavy atom. The monoisotopic (exact) mass is 187 g/mol. The summed E-state index contributed by atoms with van der Waals surface area (Å²) in [5.74, 6) is 0. The highest BCUT2D eigenvalue weighted by molar-refractivity contribution is 4.89. The van der Waals surface area contributed by atoms with Crippen LogP contribution in [0.3, 0.4) is 0 Å².